The third-order valence-electron chi connectivity index (χ3n) is 2.63. The average molecular weight is 428 g/mol. The Balaban J connectivity index is -0.00000288. The first-order valence-electron chi connectivity index (χ1n) is 5.06. The van der Waals surface area contributed by atoms with Gasteiger partial charge in [0.15, 0.2) is 0 Å². The molecule has 0 N–H and O–H groups in total. The van der Waals surface area contributed by atoms with Crippen LogP contribution in [0, 0.1) is 0 Å². The second-order valence-corrected chi connectivity index (χ2v) is 4.29. The zero-order valence-corrected chi connectivity index (χ0v) is 11.5. The molecule has 0 heterocycles. The van der Waals surface area contributed by atoms with Crippen LogP contribution in [0.1, 0.15) is 1.43 Å². The molecule has 26 heavy (non-hydrogen) atoms. The van der Waals surface area contributed by atoms with Crippen molar-refractivity contribution in [1.82, 2.24) is 0 Å². The van der Waals surface area contributed by atoms with Crippen molar-refractivity contribution in [2.24, 2.45) is 0 Å². The average Bonchev–Trinajstić information content (AvgIpc) is 2.35. The van der Waals surface area contributed by atoms with E-state index in [0.29, 0.717) is 0 Å². The topological polar surface area (TPSA) is 0 Å². The molecule has 18 heteroatoms. The standard InChI is InChI=1S/C8HF17.Li.H/c9-1(10)2(11,12)3(13,14)4(15,16)5(17,18)6(19,20)7(21,22)8(23,24)25;;/h1H;;/q;+1;-1. The first-order valence-corrected chi connectivity index (χ1v) is 5.06. The van der Waals surface area contributed by atoms with Crippen molar-refractivity contribution in [3.05, 3.63) is 0 Å². The summed E-state index contributed by atoms with van der Waals surface area (Å²) in [7, 11) is 0. The summed E-state index contributed by atoms with van der Waals surface area (Å²) in [5.74, 6) is -49.2. The summed E-state index contributed by atoms with van der Waals surface area (Å²) < 4.78 is 209. The molecule has 0 atom stereocenters. The van der Waals surface area contributed by atoms with Gasteiger partial charge in [-0.05, 0) is 0 Å². The molecule has 0 rings (SSSR count). The zero-order valence-electron chi connectivity index (χ0n) is 12.5. The molecule has 0 unspecified atom stereocenters. The Morgan fingerprint density at radius 3 is 0.885 bits per heavy atom. The third kappa shape index (κ3) is 3.33. The van der Waals surface area contributed by atoms with E-state index in [0.717, 1.165) is 0 Å². The zero-order chi connectivity index (χ0) is 21.1. The van der Waals surface area contributed by atoms with Crippen molar-refractivity contribution < 1.29 is 94.9 Å². The van der Waals surface area contributed by atoms with Crippen molar-refractivity contribution >= 4 is 0 Å². The van der Waals surface area contributed by atoms with E-state index in [1.54, 1.807) is 0 Å². The predicted molar refractivity (Wildman–Crippen MR) is 42.9 cm³/mol. The van der Waals surface area contributed by atoms with Gasteiger partial charge in [-0.1, -0.05) is 0 Å². The fourth-order valence-electron chi connectivity index (χ4n) is 1.12. The molecule has 0 fully saturated rings. The molecule has 0 saturated carbocycles. The van der Waals surface area contributed by atoms with Gasteiger partial charge in [-0.15, -0.1) is 0 Å². The van der Waals surface area contributed by atoms with E-state index >= 15 is 0 Å². The van der Waals surface area contributed by atoms with Crippen molar-refractivity contribution in [2.75, 3.05) is 0 Å². The fraction of sp³-hybridized carbons (Fsp3) is 1.00. The minimum absolute atomic E-state index is 0. The van der Waals surface area contributed by atoms with E-state index in [2.05, 4.69) is 0 Å². The van der Waals surface area contributed by atoms with Gasteiger partial charge in [0.1, 0.15) is 0 Å². The monoisotopic (exact) mass is 428 g/mol. The third-order valence-corrected chi connectivity index (χ3v) is 2.63. The van der Waals surface area contributed by atoms with Crippen LogP contribution >= 0.6 is 0 Å². The predicted octanol–water partition coefficient (Wildman–Crippen LogP) is 2.74. The Kier molecular flexibility index (Phi) is 7.21. The van der Waals surface area contributed by atoms with Gasteiger partial charge in [-0.2, -0.15) is 65.9 Å². The summed E-state index contributed by atoms with van der Waals surface area (Å²) in [5.41, 5.74) is 0. The van der Waals surface area contributed by atoms with Crippen LogP contribution in [0.25, 0.3) is 0 Å². The molecule has 0 aliphatic rings. The van der Waals surface area contributed by atoms with Crippen LogP contribution < -0.4 is 18.9 Å². The maximum atomic E-state index is 12.8. The van der Waals surface area contributed by atoms with E-state index in [9.17, 15) is 74.6 Å². The molecule has 0 nitrogen and oxygen atoms in total. The van der Waals surface area contributed by atoms with Gasteiger partial charge >= 0.3 is 67.0 Å². The van der Waals surface area contributed by atoms with Crippen LogP contribution in [0.2, 0.25) is 0 Å². The van der Waals surface area contributed by atoms with E-state index in [1.807, 2.05) is 0 Å². The van der Waals surface area contributed by atoms with Crippen molar-refractivity contribution in [3.8, 4) is 0 Å². The first kappa shape index (κ1) is 27.6. The molecule has 0 saturated heterocycles. The Morgan fingerprint density at radius 1 is 0.423 bits per heavy atom. The number of rotatable bonds is 6. The van der Waals surface area contributed by atoms with Gasteiger partial charge in [0.25, 0.3) is 0 Å². The molecule has 0 amide bonds. The Bertz CT molecular complexity index is 494. The summed E-state index contributed by atoms with van der Waals surface area (Å²) in [5, 5.41) is 0. The minimum Gasteiger partial charge on any atom is -1.00 e. The summed E-state index contributed by atoms with van der Waals surface area (Å²) in [4.78, 5) is 0. The molecule has 0 radical (unpaired) electrons. The Hall–Kier alpha value is -0.593. The molecule has 0 spiro atoms. The van der Waals surface area contributed by atoms with Gasteiger partial charge < -0.3 is 1.43 Å². The van der Waals surface area contributed by atoms with Crippen molar-refractivity contribution in [1.29, 1.82) is 0 Å². The summed E-state index contributed by atoms with van der Waals surface area (Å²) in [6, 6.07) is 0. The van der Waals surface area contributed by atoms with Gasteiger partial charge in [0.2, 0.25) is 0 Å². The second kappa shape index (κ2) is 6.78. The van der Waals surface area contributed by atoms with Crippen LogP contribution in [-0.2, 0) is 0 Å². The Morgan fingerprint density at radius 2 is 0.654 bits per heavy atom. The SMILES string of the molecule is FC(F)C(F)(F)C(F)(F)C(F)(F)C(F)(F)C(F)(F)C(F)(F)C(F)(F)F.[H-].[Li+]. The maximum absolute atomic E-state index is 12.8. The van der Waals surface area contributed by atoms with Crippen LogP contribution in [0.3, 0.4) is 0 Å². The van der Waals surface area contributed by atoms with E-state index in [1.165, 1.54) is 0 Å². The summed E-state index contributed by atoms with van der Waals surface area (Å²) >= 11 is 0. The van der Waals surface area contributed by atoms with Gasteiger partial charge in [-0.25, -0.2) is 8.78 Å². The van der Waals surface area contributed by atoms with Gasteiger partial charge in [-0.3, -0.25) is 0 Å². The van der Waals surface area contributed by atoms with Crippen LogP contribution in [0.5, 0.6) is 0 Å². The number of halogens is 17. The fourth-order valence-corrected chi connectivity index (χ4v) is 1.12. The normalized spacial score (nSPS) is 15.9. The van der Waals surface area contributed by atoms with Crippen LogP contribution in [0.15, 0.2) is 0 Å². The van der Waals surface area contributed by atoms with E-state index in [-0.39, 0.29) is 20.3 Å². The van der Waals surface area contributed by atoms with Gasteiger partial charge in [0, 0.05) is 0 Å². The number of hydrogen-bond acceptors (Lipinski definition) is 0. The van der Waals surface area contributed by atoms with E-state index in [4.69, 9.17) is 0 Å². The molecule has 0 aromatic heterocycles. The summed E-state index contributed by atoms with van der Waals surface area (Å²) in [6.45, 7) is 0. The van der Waals surface area contributed by atoms with Crippen LogP contribution in [0.4, 0.5) is 74.6 Å². The molecule has 0 aromatic rings. The molecular weight excluding hydrogens is 426 g/mol. The van der Waals surface area contributed by atoms with Crippen molar-refractivity contribution in [3.63, 3.8) is 0 Å². The smallest absolute Gasteiger partial charge is 1.00 e. The first-order chi connectivity index (χ1) is 10.4. The molecular formula is C8H2F17Li. The Labute approximate surface area is 144 Å². The quantitative estimate of drug-likeness (QED) is 0.451. The maximum Gasteiger partial charge on any atom is 1.00 e. The molecule has 0 bridgehead atoms. The summed E-state index contributed by atoms with van der Waals surface area (Å²) in [6.07, 6.45) is -13.6. The molecule has 0 aliphatic heterocycles. The number of hydrogen-bond donors (Lipinski definition) is 0. The second-order valence-electron chi connectivity index (χ2n) is 4.29. The molecule has 0 aliphatic carbocycles. The largest absolute Gasteiger partial charge is 1.00 e. The van der Waals surface area contributed by atoms with E-state index < -0.39 is 48.1 Å². The molecule has 154 valence electrons. The molecule has 0 aromatic carbocycles. The minimum atomic E-state index is -8.54. The number of alkyl halides is 17. The van der Waals surface area contributed by atoms with Crippen LogP contribution in [-0.4, -0.2) is 48.1 Å². The van der Waals surface area contributed by atoms with Gasteiger partial charge in [0.05, 0.1) is 0 Å². The van der Waals surface area contributed by atoms with Crippen molar-refractivity contribution in [2.45, 2.75) is 48.1 Å².